The van der Waals surface area contributed by atoms with Crippen molar-refractivity contribution in [3.8, 4) is 0 Å². The summed E-state index contributed by atoms with van der Waals surface area (Å²) in [4.78, 5) is 20.7. The average Bonchev–Trinajstić information content (AvgIpc) is 3.00. The third kappa shape index (κ3) is 3.68. The van der Waals surface area contributed by atoms with Crippen LogP contribution in [0.3, 0.4) is 0 Å². The Labute approximate surface area is 130 Å². The van der Waals surface area contributed by atoms with Crippen LogP contribution in [0.5, 0.6) is 0 Å². The maximum atomic E-state index is 12.2. The van der Waals surface area contributed by atoms with Crippen LogP contribution in [-0.2, 0) is 0 Å². The highest BCUT2D eigenvalue weighted by molar-refractivity contribution is 6.04. The maximum absolute atomic E-state index is 12.2. The number of aromatic nitrogens is 2. The van der Waals surface area contributed by atoms with E-state index in [4.69, 9.17) is 0 Å². The van der Waals surface area contributed by atoms with Crippen molar-refractivity contribution < 1.29 is 4.79 Å². The van der Waals surface area contributed by atoms with Crippen molar-refractivity contribution in [2.24, 2.45) is 5.92 Å². The third-order valence-corrected chi connectivity index (χ3v) is 3.74. The van der Waals surface area contributed by atoms with Gasteiger partial charge in [-0.1, -0.05) is 6.07 Å². The van der Waals surface area contributed by atoms with Gasteiger partial charge in [0.15, 0.2) is 0 Å². The molecular weight excluding hydrogens is 288 g/mol. The zero-order valence-electron chi connectivity index (χ0n) is 11.7. The van der Waals surface area contributed by atoms with E-state index in [9.17, 15) is 4.79 Å². The maximum Gasteiger partial charge on any atom is 0.253 e. The number of hydrogen-bond acceptors (Lipinski definition) is 4. The van der Waals surface area contributed by atoms with Crippen molar-refractivity contribution in [3.05, 3.63) is 36.2 Å². The molecule has 21 heavy (non-hydrogen) atoms. The number of nitrogens with zero attached hydrogens (tertiary/aromatic N) is 2. The molecule has 1 aliphatic rings. The molecule has 1 aromatic carbocycles. The fraction of sp³-hybridized carbons (Fsp3) is 0.400. The van der Waals surface area contributed by atoms with E-state index in [0.717, 1.165) is 25.0 Å². The first kappa shape index (κ1) is 15.7. The highest BCUT2D eigenvalue weighted by Crippen LogP contribution is 2.14. The van der Waals surface area contributed by atoms with E-state index in [0.29, 0.717) is 23.5 Å². The zero-order chi connectivity index (χ0) is 13.8. The van der Waals surface area contributed by atoms with Crippen molar-refractivity contribution >= 4 is 29.3 Å². The van der Waals surface area contributed by atoms with Gasteiger partial charge < -0.3 is 10.6 Å². The lowest BCUT2D eigenvalue weighted by Gasteiger charge is -2.10. The van der Waals surface area contributed by atoms with Crippen LogP contribution in [0.15, 0.2) is 30.6 Å². The topological polar surface area (TPSA) is 66.9 Å². The molecule has 0 saturated carbocycles. The van der Waals surface area contributed by atoms with Crippen LogP contribution < -0.4 is 10.6 Å². The van der Waals surface area contributed by atoms with Crippen LogP contribution >= 0.6 is 12.4 Å². The number of para-hydroxylation sites is 1. The Morgan fingerprint density at radius 3 is 3.00 bits per heavy atom. The molecular formula is C15H19ClN4O. The number of hydrogen-bond donors (Lipinski definition) is 2. The Bertz CT molecular complexity index is 608. The average molecular weight is 307 g/mol. The number of carbonyl (C=O) groups excluding carboxylic acids is 1. The standard InChI is InChI=1S/C15H18N4O.ClH/c20-15(19-7-5-11-4-6-16-10-11)12-2-1-3-13-14(12)18-9-8-17-13;/h1-3,8-9,11,16H,4-7,10H2,(H,19,20);1H. The van der Waals surface area contributed by atoms with Gasteiger partial charge in [-0.2, -0.15) is 0 Å². The number of nitrogens with one attached hydrogen (secondary N) is 2. The zero-order valence-corrected chi connectivity index (χ0v) is 12.5. The van der Waals surface area contributed by atoms with Crippen LogP contribution in [-0.4, -0.2) is 35.5 Å². The molecule has 3 rings (SSSR count). The molecule has 1 amide bonds. The largest absolute Gasteiger partial charge is 0.352 e. The Morgan fingerprint density at radius 2 is 2.19 bits per heavy atom. The second-order valence-corrected chi connectivity index (χ2v) is 5.13. The highest BCUT2D eigenvalue weighted by Gasteiger charge is 2.15. The number of amides is 1. The molecule has 2 aromatic rings. The van der Waals surface area contributed by atoms with E-state index in [1.165, 1.54) is 6.42 Å². The van der Waals surface area contributed by atoms with Crippen molar-refractivity contribution in [1.29, 1.82) is 0 Å². The van der Waals surface area contributed by atoms with E-state index < -0.39 is 0 Å². The molecule has 2 N–H and O–H groups in total. The molecule has 1 atom stereocenters. The first-order valence-electron chi connectivity index (χ1n) is 7.03. The first-order valence-corrected chi connectivity index (χ1v) is 7.03. The molecule has 0 radical (unpaired) electrons. The Hall–Kier alpha value is -1.72. The Morgan fingerprint density at radius 1 is 1.33 bits per heavy atom. The van der Waals surface area contributed by atoms with Crippen molar-refractivity contribution in [3.63, 3.8) is 0 Å². The predicted octanol–water partition coefficient (Wildman–Crippen LogP) is 1.78. The normalized spacial score (nSPS) is 17.4. The van der Waals surface area contributed by atoms with Gasteiger partial charge in [-0.05, 0) is 44.0 Å². The molecule has 1 aromatic heterocycles. The summed E-state index contributed by atoms with van der Waals surface area (Å²) in [6, 6.07) is 5.50. The van der Waals surface area contributed by atoms with Gasteiger partial charge in [-0.25, -0.2) is 0 Å². The lowest BCUT2D eigenvalue weighted by molar-refractivity contribution is 0.0953. The molecule has 6 heteroatoms. The summed E-state index contributed by atoms with van der Waals surface area (Å²) in [7, 11) is 0. The van der Waals surface area contributed by atoms with Crippen molar-refractivity contribution in [1.82, 2.24) is 20.6 Å². The van der Waals surface area contributed by atoms with Crippen LogP contribution in [0.25, 0.3) is 11.0 Å². The predicted molar refractivity (Wildman–Crippen MR) is 84.7 cm³/mol. The molecule has 1 unspecified atom stereocenters. The number of halogens is 1. The lowest BCUT2D eigenvalue weighted by atomic mass is 10.1. The van der Waals surface area contributed by atoms with E-state index in [1.54, 1.807) is 18.5 Å². The summed E-state index contributed by atoms with van der Waals surface area (Å²) in [6.45, 7) is 2.87. The first-order chi connectivity index (χ1) is 9.84. The summed E-state index contributed by atoms with van der Waals surface area (Å²) in [5.74, 6) is 0.615. The number of carbonyl (C=O) groups is 1. The molecule has 0 aliphatic carbocycles. The van der Waals surface area contributed by atoms with E-state index >= 15 is 0 Å². The summed E-state index contributed by atoms with van der Waals surface area (Å²) in [5, 5.41) is 6.32. The lowest BCUT2D eigenvalue weighted by Crippen LogP contribution is -2.26. The molecule has 5 nitrogen and oxygen atoms in total. The summed E-state index contributed by atoms with van der Waals surface area (Å²) >= 11 is 0. The van der Waals surface area contributed by atoms with Crippen molar-refractivity contribution in [2.75, 3.05) is 19.6 Å². The van der Waals surface area contributed by atoms with Gasteiger partial charge >= 0.3 is 0 Å². The number of rotatable bonds is 4. The fourth-order valence-corrected chi connectivity index (χ4v) is 2.62. The van der Waals surface area contributed by atoms with E-state index in [-0.39, 0.29) is 18.3 Å². The smallest absolute Gasteiger partial charge is 0.253 e. The molecule has 1 aliphatic heterocycles. The fourth-order valence-electron chi connectivity index (χ4n) is 2.62. The van der Waals surface area contributed by atoms with E-state index in [1.807, 2.05) is 12.1 Å². The molecule has 0 spiro atoms. The van der Waals surface area contributed by atoms with Gasteiger partial charge in [0.25, 0.3) is 5.91 Å². The molecule has 1 fully saturated rings. The van der Waals surface area contributed by atoms with Crippen LogP contribution in [0.4, 0.5) is 0 Å². The number of fused-ring (bicyclic) bond motifs is 1. The monoisotopic (exact) mass is 306 g/mol. The van der Waals surface area contributed by atoms with Gasteiger partial charge in [-0.15, -0.1) is 12.4 Å². The minimum atomic E-state index is -0.0675. The minimum absolute atomic E-state index is 0. The van der Waals surface area contributed by atoms with Gasteiger partial charge in [0.05, 0.1) is 11.1 Å². The second kappa shape index (κ2) is 7.33. The molecule has 1 saturated heterocycles. The van der Waals surface area contributed by atoms with Crippen LogP contribution in [0.2, 0.25) is 0 Å². The summed E-state index contributed by atoms with van der Waals surface area (Å²) in [5.41, 5.74) is 2.01. The highest BCUT2D eigenvalue weighted by atomic mass is 35.5. The molecule has 112 valence electrons. The second-order valence-electron chi connectivity index (χ2n) is 5.13. The SMILES string of the molecule is Cl.O=C(NCCC1CCNC1)c1cccc2nccnc12. The van der Waals surface area contributed by atoms with Gasteiger partial charge in [0.1, 0.15) is 5.52 Å². The Balaban J connectivity index is 0.00000161. The van der Waals surface area contributed by atoms with Gasteiger partial charge in [0.2, 0.25) is 0 Å². The Kier molecular flexibility index (Phi) is 5.47. The van der Waals surface area contributed by atoms with Gasteiger partial charge in [-0.3, -0.25) is 14.8 Å². The van der Waals surface area contributed by atoms with E-state index in [2.05, 4.69) is 20.6 Å². The summed E-state index contributed by atoms with van der Waals surface area (Å²) in [6.07, 6.45) is 5.48. The quantitative estimate of drug-likeness (QED) is 0.903. The van der Waals surface area contributed by atoms with Gasteiger partial charge in [0, 0.05) is 18.9 Å². The van der Waals surface area contributed by atoms with Crippen LogP contribution in [0.1, 0.15) is 23.2 Å². The summed E-state index contributed by atoms with van der Waals surface area (Å²) < 4.78 is 0. The van der Waals surface area contributed by atoms with Crippen molar-refractivity contribution in [2.45, 2.75) is 12.8 Å². The number of benzene rings is 1. The third-order valence-electron chi connectivity index (χ3n) is 3.74. The minimum Gasteiger partial charge on any atom is -0.352 e. The molecule has 0 bridgehead atoms. The molecule has 2 heterocycles. The van der Waals surface area contributed by atoms with Crippen LogP contribution in [0, 0.1) is 5.92 Å².